The molecule has 30 heavy (non-hydrogen) atoms. The number of hydrogen-bond acceptors (Lipinski definition) is 5. The van der Waals surface area contributed by atoms with Gasteiger partial charge in [0, 0.05) is 19.8 Å². The zero-order valence-electron chi connectivity index (χ0n) is 19.5. The first kappa shape index (κ1) is 24.8. The predicted molar refractivity (Wildman–Crippen MR) is 122 cm³/mol. The third kappa shape index (κ3) is 4.30. The quantitative estimate of drug-likeness (QED) is 0.388. The minimum absolute atomic E-state index is 0.221. The summed E-state index contributed by atoms with van der Waals surface area (Å²) in [4.78, 5) is 13.3. The van der Waals surface area contributed by atoms with Crippen molar-refractivity contribution in [3.63, 3.8) is 0 Å². The molecule has 5 nitrogen and oxygen atoms in total. The molecule has 0 atom stereocenters. The number of rotatable bonds is 8. The van der Waals surface area contributed by atoms with Gasteiger partial charge in [-0.05, 0) is 72.8 Å². The topological polar surface area (TPSA) is 72.8 Å². The van der Waals surface area contributed by atoms with Crippen LogP contribution in [0.5, 0.6) is 5.75 Å². The fourth-order valence-corrected chi connectivity index (χ4v) is 6.51. The third-order valence-electron chi connectivity index (χ3n) is 6.51. The van der Waals surface area contributed by atoms with Crippen LogP contribution in [0.1, 0.15) is 82.6 Å². The maximum atomic E-state index is 13.3. The monoisotopic (exact) mass is 436 g/mol. The molecule has 0 heterocycles. The van der Waals surface area contributed by atoms with Gasteiger partial charge in [0.2, 0.25) is 0 Å². The van der Waals surface area contributed by atoms with Crippen molar-refractivity contribution in [2.75, 3.05) is 14.2 Å². The van der Waals surface area contributed by atoms with E-state index in [1.807, 2.05) is 26.0 Å². The van der Waals surface area contributed by atoms with Gasteiger partial charge in [0.25, 0.3) is 0 Å². The second-order valence-electron chi connectivity index (χ2n) is 9.08. The number of aromatic hydroxyl groups is 1. The average Bonchev–Trinajstić information content (AvgIpc) is 2.73. The van der Waals surface area contributed by atoms with Crippen LogP contribution in [0.3, 0.4) is 0 Å². The standard InChI is InChI=1S/C24H37O5P/c1-8-24(9-2,30(27,28-6)29-7)21(25)15-14-17-16-20(23(3,4)5)22(26)19-13-11-10-12-18(17)19/h14-16,26H,8-13H2,1-7H3. The molecule has 0 amide bonds. The van der Waals surface area contributed by atoms with Crippen molar-refractivity contribution in [3.05, 3.63) is 34.4 Å². The SMILES string of the molecule is CCC(CC)(C(=O)C=Cc1cc(C(C)(C)C)c(O)c2c1CCCC2)P(=O)(OC)OC. The molecule has 0 saturated heterocycles. The summed E-state index contributed by atoms with van der Waals surface area (Å²) in [7, 11) is -0.954. The second kappa shape index (κ2) is 9.38. The minimum Gasteiger partial charge on any atom is -0.507 e. The Morgan fingerprint density at radius 2 is 1.63 bits per heavy atom. The molecule has 1 aliphatic rings. The van der Waals surface area contributed by atoms with Gasteiger partial charge in [-0.3, -0.25) is 9.36 Å². The van der Waals surface area contributed by atoms with Gasteiger partial charge >= 0.3 is 7.60 Å². The van der Waals surface area contributed by atoms with Crippen LogP contribution < -0.4 is 0 Å². The summed E-state index contributed by atoms with van der Waals surface area (Å²) in [5.74, 6) is 0.134. The largest absolute Gasteiger partial charge is 0.507 e. The van der Waals surface area contributed by atoms with Crippen LogP contribution in [0.15, 0.2) is 12.1 Å². The number of phenols is 1. The summed E-state index contributed by atoms with van der Waals surface area (Å²) < 4.78 is 23.7. The molecule has 1 aliphatic carbocycles. The van der Waals surface area contributed by atoms with Gasteiger partial charge in [0.05, 0.1) is 0 Å². The van der Waals surface area contributed by atoms with Crippen LogP contribution in [0.2, 0.25) is 0 Å². The summed E-state index contributed by atoms with van der Waals surface area (Å²) in [6, 6.07) is 2.00. The number of allylic oxidation sites excluding steroid dienone is 1. The molecule has 0 bridgehead atoms. The van der Waals surface area contributed by atoms with Crippen molar-refractivity contribution in [2.24, 2.45) is 0 Å². The summed E-state index contributed by atoms with van der Waals surface area (Å²) in [5.41, 5.74) is 3.72. The zero-order valence-corrected chi connectivity index (χ0v) is 20.4. The highest BCUT2D eigenvalue weighted by Crippen LogP contribution is 2.62. The molecule has 0 saturated carbocycles. The number of ketones is 1. The van der Waals surface area contributed by atoms with Crippen molar-refractivity contribution >= 4 is 19.5 Å². The van der Waals surface area contributed by atoms with E-state index in [0.29, 0.717) is 18.6 Å². The van der Waals surface area contributed by atoms with Gasteiger partial charge < -0.3 is 14.2 Å². The Balaban J connectivity index is 2.58. The van der Waals surface area contributed by atoms with Gasteiger partial charge in [0.15, 0.2) is 5.78 Å². The number of fused-ring (bicyclic) bond motifs is 1. The van der Waals surface area contributed by atoms with Gasteiger partial charge in [-0.15, -0.1) is 0 Å². The average molecular weight is 437 g/mol. The highest BCUT2D eigenvalue weighted by Gasteiger charge is 2.52. The smallest absolute Gasteiger partial charge is 0.343 e. The molecule has 2 rings (SSSR count). The van der Waals surface area contributed by atoms with Crippen LogP contribution in [0, 0.1) is 0 Å². The van der Waals surface area contributed by atoms with E-state index in [-0.39, 0.29) is 11.2 Å². The Hall–Kier alpha value is -1.42. The van der Waals surface area contributed by atoms with E-state index in [1.165, 1.54) is 20.3 Å². The van der Waals surface area contributed by atoms with E-state index in [0.717, 1.165) is 47.9 Å². The van der Waals surface area contributed by atoms with E-state index in [4.69, 9.17) is 9.05 Å². The Morgan fingerprint density at radius 3 is 2.10 bits per heavy atom. The summed E-state index contributed by atoms with van der Waals surface area (Å²) in [6.45, 7) is 9.88. The molecule has 0 fully saturated rings. The van der Waals surface area contributed by atoms with Crippen LogP contribution >= 0.6 is 7.60 Å². The molecule has 0 radical (unpaired) electrons. The molecule has 0 unspecified atom stereocenters. The molecular weight excluding hydrogens is 399 g/mol. The molecule has 0 aliphatic heterocycles. The van der Waals surface area contributed by atoms with Gasteiger partial charge in [0.1, 0.15) is 10.9 Å². The second-order valence-corrected chi connectivity index (χ2v) is 11.7. The van der Waals surface area contributed by atoms with Crippen molar-refractivity contribution in [3.8, 4) is 5.75 Å². The van der Waals surface area contributed by atoms with Crippen molar-refractivity contribution in [1.29, 1.82) is 0 Å². The van der Waals surface area contributed by atoms with Crippen LogP contribution in [-0.4, -0.2) is 30.3 Å². The lowest BCUT2D eigenvalue weighted by Crippen LogP contribution is -2.37. The number of hydrogen-bond donors (Lipinski definition) is 1. The lowest BCUT2D eigenvalue weighted by Gasteiger charge is -2.34. The Kier molecular flexibility index (Phi) is 7.77. The van der Waals surface area contributed by atoms with E-state index >= 15 is 0 Å². The molecule has 6 heteroatoms. The van der Waals surface area contributed by atoms with Crippen LogP contribution in [0.4, 0.5) is 0 Å². The summed E-state index contributed by atoms with van der Waals surface area (Å²) >= 11 is 0. The van der Waals surface area contributed by atoms with E-state index in [9.17, 15) is 14.5 Å². The summed E-state index contributed by atoms with van der Waals surface area (Å²) in [5, 5.41) is 9.68. The highest BCUT2D eigenvalue weighted by atomic mass is 31.2. The number of phenolic OH excluding ortho intramolecular Hbond substituents is 1. The zero-order chi connectivity index (χ0) is 22.7. The highest BCUT2D eigenvalue weighted by molar-refractivity contribution is 7.56. The predicted octanol–water partition coefficient (Wildman–Crippen LogP) is 6.20. The first-order valence-corrected chi connectivity index (χ1v) is 12.4. The van der Waals surface area contributed by atoms with Gasteiger partial charge in [-0.1, -0.05) is 40.7 Å². The summed E-state index contributed by atoms with van der Waals surface area (Å²) in [6.07, 6.45) is 7.88. The Morgan fingerprint density at radius 1 is 1.10 bits per heavy atom. The molecule has 0 aromatic heterocycles. The fourth-order valence-electron chi connectivity index (χ4n) is 4.54. The number of carbonyl (C=O) groups excluding carboxylic acids is 1. The van der Waals surface area contributed by atoms with E-state index in [2.05, 4.69) is 20.8 Å². The number of carbonyl (C=O) groups is 1. The maximum Gasteiger partial charge on any atom is 0.343 e. The van der Waals surface area contributed by atoms with Crippen molar-refractivity contribution < 1.29 is 23.5 Å². The van der Waals surface area contributed by atoms with Crippen molar-refractivity contribution in [1.82, 2.24) is 0 Å². The molecule has 168 valence electrons. The first-order chi connectivity index (χ1) is 14.0. The third-order valence-corrected chi connectivity index (χ3v) is 9.38. The lowest BCUT2D eigenvalue weighted by molar-refractivity contribution is -0.117. The lowest BCUT2D eigenvalue weighted by atomic mass is 9.78. The van der Waals surface area contributed by atoms with E-state index < -0.39 is 12.8 Å². The fraction of sp³-hybridized carbons (Fsp3) is 0.625. The normalized spacial score (nSPS) is 15.4. The van der Waals surface area contributed by atoms with Crippen LogP contribution in [0.25, 0.3) is 6.08 Å². The van der Waals surface area contributed by atoms with Crippen molar-refractivity contribution in [2.45, 2.75) is 83.7 Å². The van der Waals surface area contributed by atoms with Gasteiger partial charge in [-0.2, -0.15) is 0 Å². The first-order valence-electron chi connectivity index (χ1n) is 10.8. The molecule has 1 aromatic carbocycles. The Bertz CT molecular complexity index is 851. The molecule has 0 spiro atoms. The molecule has 1 N–H and O–H groups in total. The van der Waals surface area contributed by atoms with Crippen LogP contribution in [-0.2, 0) is 36.7 Å². The maximum absolute atomic E-state index is 13.3. The minimum atomic E-state index is -3.61. The van der Waals surface area contributed by atoms with E-state index in [1.54, 1.807) is 0 Å². The number of benzene rings is 1. The molecular formula is C24H37O5P. The molecule has 1 aromatic rings. The van der Waals surface area contributed by atoms with Gasteiger partial charge in [-0.25, -0.2) is 0 Å². The Labute approximate surface area is 181 Å².